The predicted octanol–water partition coefficient (Wildman–Crippen LogP) is 7.50. The topological polar surface area (TPSA) is 71.1 Å². The van der Waals surface area contributed by atoms with Crippen LogP contribution in [0.2, 0.25) is 0 Å². The van der Waals surface area contributed by atoms with Crippen LogP contribution >= 0.6 is 0 Å². The third-order valence-electron chi connectivity index (χ3n) is 8.22. The molecule has 6 nitrogen and oxygen atoms in total. The van der Waals surface area contributed by atoms with Crippen LogP contribution in [0.15, 0.2) is 98.1 Å². The van der Waals surface area contributed by atoms with E-state index in [0.29, 0.717) is 0 Å². The highest BCUT2D eigenvalue weighted by Gasteiger charge is 2.46. The summed E-state index contributed by atoms with van der Waals surface area (Å²) in [6.45, 7) is 15.8. The fourth-order valence-electron chi connectivity index (χ4n) is 6.50. The molecule has 0 unspecified atom stereocenters. The van der Waals surface area contributed by atoms with Crippen molar-refractivity contribution in [3.05, 3.63) is 143 Å². The summed E-state index contributed by atoms with van der Waals surface area (Å²) in [4.78, 5) is 22.9. The number of hydrogen-bond donors (Lipinski definition) is 0. The molecule has 0 aliphatic heterocycles. The molecule has 1 aliphatic rings. The van der Waals surface area contributed by atoms with Crippen molar-refractivity contribution in [2.45, 2.75) is 33.1 Å². The van der Waals surface area contributed by atoms with Crippen molar-refractivity contribution in [3.8, 4) is 22.6 Å². The molecule has 6 heteroatoms. The van der Waals surface area contributed by atoms with Crippen LogP contribution in [0.1, 0.15) is 44.5 Å². The summed E-state index contributed by atoms with van der Waals surface area (Å²) >= 11 is 0. The van der Waals surface area contributed by atoms with Crippen LogP contribution in [0.5, 0.6) is 11.5 Å². The molecule has 0 heterocycles. The third kappa shape index (κ3) is 5.88. The van der Waals surface area contributed by atoms with Gasteiger partial charge in [0.05, 0.1) is 5.41 Å². The van der Waals surface area contributed by atoms with E-state index < -0.39 is 17.4 Å². The fourth-order valence-corrected chi connectivity index (χ4v) is 6.50. The molecule has 0 atom stereocenters. The van der Waals surface area contributed by atoms with Gasteiger partial charge in [0.1, 0.15) is 37.9 Å². The summed E-state index contributed by atoms with van der Waals surface area (Å²) in [7, 11) is 0. The van der Waals surface area contributed by atoms with Crippen LogP contribution in [0, 0.1) is 27.7 Å². The number of hydrogen-bond acceptors (Lipinski definition) is 6. The van der Waals surface area contributed by atoms with Gasteiger partial charge in [0.25, 0.3) is 0 Å². The lowest BCUT2D eigenvalue weighted by Crippen LogP contribution is -2.29. The quantitative estimate of drug-likeness (QED) is 0.0837. The monoisotopic (exact) mass is 602 g/mol. The summed E-state index contributed by atoms with van der Waals surface area (Å²) in [5, 5.41) is 0. The minimum Gasteiger partial charge on any atom is -0.489 e. The predicted molar refractivity (Wildman–Crippen MR) is 176 cm³/mol. The maximum atomic E-state index is 11.5. The van der Waals surface area contributed by atoms with Crippen molar-refractivity contribution >= 4 is 11.9 Å². The van der Waals surface area contributed by atoms with Crippen molar-refractivity contribution < 1.29 is 28.5 Å². The Bertz CT molecular complexity index is 1610. The Morgan fingerprint density at radius 2 is 0.956 bits per heavy atom. The summed E-state index contributed by atoms with van der Waals surface area (Å²) in [5.74, 6) is 0.606. The van der Waals surface area contributed by atoms with Crippen molar-refractivity contribution in [1.82, 2.24) is 0 Å². The smallest absolute Gasteiger partial charge is 0.330 e. The van der Waals surface area contributed by atoms with Crippen LogP contribution in [0.4, 0.5) is 0 Å². The van der Waals surface area contributed by atoms with Gasteiger partial charge in [0, 0.05) is 12.2 Å². The van der Waals surface area contributed by atoms with Gasteiger partial charge in [-0.2, -0.15) is 0 Å². The van der Waals surface area contributed by atoms with Crippen molar-refractivity contribution in [1.29, 1.82) is 0 Å². The molecule has 0 fully saturated rings. The van der Waals surface area contributed by atoms with Gasteiger partial charge in [-0.25, -0.2) is 9.59 Å². The molecule has 0 saturated heterocycles. The lowest BCUT2D eigenvalue weighted by atomic mass is 9.66. The molecule has 0 amide bonds. The number of carbonyl (C=O) groups excluding carboxylic acids is 2. The molecule has 0 aromatic heterocycles. The van der Waals surface area contributed by atoms with Gasteiger partial charge < -0.3 is 18.9 Å². The second-order valence-electron chi connectivity index (χ2n) is 11.2. The van der Waals surface area contributed by atoms with Crippen LogP contribution in [-0.2, 0) is 24.5 Å². The molecule has 4 aromatic rings. The maximum Gasteiger partial charge on any atom is 0.330 e. The lowest BCUT2D eigenvalue weighted by molar-refractivity contribution is -0.139. The number of carbonyl (C=O) groups is 2. The Labute approximate surface area is 264 Å². The van der Waals surface area contributed by atoms with Gasteiger partial charge in [0.2, 0.25) is 0 Å². The average Bonchev–Trinajstić information content (AvgIpc) is 3.34. The fraction of sp³-hybridized carbons (Fsp3) is 0.231. The lowest BCUT2D eigenvalue weighted by Gasteiger charge is -2.35. The van der Waals surface area contributed by atoms with E-state index in [0.717, 1.165) is 57.0 Å². The van der Waals surface area contributed by atoms with Gasteiger partial charge in [-0.15, -0.1) is 0 Å². The van der Waals surface area contributed by atoms with Gasteiger partial charge >= 0.3 is 11.9 Å². The number of ether oxygens (including phenoxy) is 4. The van der Waals surface area contributed by atoms with E-state index in [2.05, 4.69) is 114 Å². The third-order valence-corrected chi connectivity index (χ3v) is 8.22. The first-order valence-corrected chi connectivity index (χ1v) is 15.0. The standard InChI is InChI=1S/C39H38O6/c1-7-35(40)42-17-19-44-37-25(3)21-29(22-26(37)4)39(33-15-11-9-13-31(33)32-14-10-12-16-34(32)39)30-23-27(5)38(28(6)24-30)45-20-18-43-36(41)8-2/h7-16,21-24H,1-2,17-20H2,3-6H3. The number of fused-ring (bicyclic) bond motifs is 3. The van der Waals surface area contributed by atoms with Crippen LogP contribution in [0.25, 0.3) is 11.1 Å². The molecule has 5 rings (SSSR count). The van der Waals surface area contributed by atoms with Gasteiger partial charge in [-0.3, -0.25) is 0 Å². The second kappa shape index (κ2) is 13.3. The van der Waals surface area contributed by atoms with E-state index in [9.17, 15) is 9.59 Å². The molecule has 1 aliphatic carbocycles. The molecule has 45 heavy (non-hydrogen) atoms. The zero-order valence-electron chi connectivity index (χ0n) is 26.3. The minimum atomic E-state index is -0.603. The first kappa shape index (κ1) is 31.3. The number of aryl methyl sites for hydroxylation is 4. The minimum absolute atomic E-state index is 0.139. The molecule has 0 radical (unpaired) electrons. The van der Waals surface area contributed by atoms with Crippen molar-refractivity contribution in [2.24, 2.45) is 0 Å². The van der Waals surface area contributed by atoms with E-state index in [1.165, 1.54) is 22.3 Å². The number of benzene rings is 4. The van der Waals surface area contributed by atoms with E-state index in [4.69, 9.17) is 18.9 Å². The van der Waals surface area contributed by atoms with Crippen molar-refractivity contribution in [3.63, 3.8) is 0 Å². The number of rotatable bonds is 12. The summed E-state index contributed by atoms with van der Waals surface area (Å²) < 4.78 is 22.5. The molecular weight excluding hydrogens is 564 g/mol. The Hall–Kier alpha value is -5.10. The average molecular weight is 603 g/mol. The molecule has 230 valence electrons. The van der Waals surface area contributed by atoms with Crippen molar-refractivity contribution in [2.75, 3.05) is 26.4 Å². The Morgan fingerprint density at radius 3 is 1.31 bits per heavy atom. The summed E-state index contributed by atoms with van der Waals surface area (Å²) in [6.07, 6.45) is 2.29. The highest BCUT2D eigenvalue weighted by Crippen LogP contribution is 2.57. The second-order valence-corrected chi connectivity index (χ2v) is 11.2. The highest BCUT2D eigenvalue weighted by molar-refractivity contribution is 5.86. The highest BCUT2D eigenvalue weighted by atomic mass is 16.6. The van der Waals surface area contributed by atoms with E-state index in [1.807, 2.05) is 0 Å². The largest absolute Gasteiger partial charge is 0.489 e. The zero-order chi connectivity index (χ0) is 32.1. The molecule has 4 aromatic carbocycles. The van der Waals surface area contributed by atoms with E-state index >= 15 is 0 Å². The van der Waals surface area contributed by atoms with Gasteiger partial charge in [-0.1, -0.05) is 86.0 Å². The van der Waals surface area contributed by atoms with Gasteiger partial charge in [0.15, 0.2) is 0 Å². The molecule has 0 saturated carbocycles. The van der Waals surface area contributed by atoms with Gasteiger partial charge in [-0.05, 0) is 83.3 Å². The Balaban J connectivity index is 1.62. The SMILES string of the molecule is C=CC(=O)OCCOc1c(C)cc(C2(c3cc(C)c(OCCOC(=O)C=C)c(C)c3)c3ccccc3-c3ccccc32)cc1C. The van der Waals surface area contributed by atoms with Crippen LogP contribution < -0.4 is 9.47 Å². The number of esters is 2. The Kier molecular flexibility index (Phi) is 9.24. The Morgan fingerprint density at radius 1 is 0.600 bits per heavy atom. The van der Waals surface area contributed by atoms with Crippen LogP contribution in [-0.4, -0.2) is 38.4 Å². The molecule has 0 spiro atoms. The van der Waals surface area contributed by atoms with Crippen LogP contribution in [0.3, 0.4) is 0 Å². The van der Waals surface area contributed by atoms with E-state index in [1.54, 1.807) is 0 Å². The molecular formula is C39H38O6. The maximum absolute atomic E-state index is 11.5. The normalized spacial score (nSPS) is 12.4. The zero-order valence-corrected chi connectivity index (χ0v) is 26.3. The summed E-state index contributed by atoms with van der Waals surface area (Å²) in [6, 6.07) is 26.0. The molecule has 0 bridgehead atoms. The van der Waals surface area contributed by atoms with E-state index in [-0.39, 0.29) is 26.4 Å². The molecule has 0 N–H and O–H groups in total. The first-order valence-electron chi connectivity index (χ1n) is 15.0. The first-order chi connectivity index (χ1) is 21.7. The summed E-state index contributed by atoms with van der Waals surface area (Å²) in [5.41, 5.74) is 10.4.